The van der Waals surface area contributed by atoms with Gasteiger partial charge in [0.15, 0.2) is 6.29 Å². The van der Waals surface area contributed by atoms with E-state index in [0.717, 1.165) is 0 Å². The van der Waals surface area contributed by atoms with Crippen LogP contribution in [0.25, 0.3) is 0 Å². The van der Waals surface area contributed by atoms with Crippen LogP contribution in [0, 0.1) is 0 Å². The van der Waals surface area contributed by atoms with E-state index < -0.39 is 6.29 Å². The van der Waals surface area contributed by atoms with Crippen molar-refractivity contribution >= 4 is 0 Å². The molecular weight excluding hydrogens is 168 g/mol. The molecule has 0 aliphatic carbocycles. The van der Waals surface area contributed by atoms with Crippen LogP contribution in [0.2, 0.25) is 0 Å². The summed E-state index contributed by atoms with van der Waals surface area (Å²) in [4.78, 5) is 0. The van der Waals surface area contributed by atoms with E-state index in [2.05, 4.69) is 0 Å². The molecule has 0 saturated heterocycles. The van der Waals surface area contributed by atoms with Crippen LogP contribution in [0.5, 0.6) is 5.75 Å². The number of phenols is 1. The molecule has 1 aromatic carbocycles. The van der Waals surface area contributed by atoms with E-state index in [9.17, 15) is 5.11 Å². The maximum absolute atomic E-state index is 9.49. The number of aliphatic hydroxyl groups is 2. The standard InChI is InChI=1S/C10H14O3/c1-6(2)9-7(10(12)13)4-3-5-8(9)11/h3-6,10-13H,1-2H3. The van der Waals surface area contributed by atoms with Gasteiger partial charge in [0, 0.05) is 11.1 Å². The Morgan fingerprint density at radius 3 is 2.15 bits per heavy atom. The molecule has 3 N–H and O–H groups in total. The highest BCUT2D eigenvalue weighted by Gasteiger charge is 2.15. The maximum atomic E-state index is 9.49. The van der Waals surface area contributed by atoms with Gasteiger partial charge in [-0.25, -0.2) is 0 Å². The van der Waals surface area contributed by atoms with Gasteiger partial charge in [-0.3, -0.25) is 0 Å². The molecule has 0 unspecified atom stereocenters. The minimum atomic E-state index is -1.52. The van der Waals surface area contributed by atoms with Gasteiger partial charge in [-0.1, -0.05) is 26.0 Å². The Hall–Kier alpha value is -1.06. The summed E-state index contributed by atoms with van der Waals surface area (Å²) in [5.41, 5.74) is 0.965. The summed E-state index contributed by atoms with van der Waals surface area (Å²) in [5, 5.41) is 27.5. The monoisotopic (exact) mass is 182 g/mol. The number of hydrogen-bond acceptors (Lipinski definition) is 3. The molecule has 0 heterocycles. The second-order valence-corrected chi connectivity index (χ2v) is 3.31. The van der Waals surface area contributed by atoms with E-state index in [-0.39, 0.29) is 11.7 Å². The van der Waals surface area contributed by atoms with Crippen LogP contribution in [0.15, 0.2) is 18.2 Å². The van der Waals surface area contributed by atoms with E-state index >= 15 is 0 Å². The summed E-state index contributed by atoms with van der Waals surface area (Å²) in [5.74, 6) is 0.179. The maximum Gasteiger partial charge on any atom is 0.178 e. The average Bonchev–Trinajstić information content (AvgIpc) is 2.02. The van der Waals surface area contributed by atoms with Crippen molar-refractivity contribution < 1.29 is 15.3 Å². The van der Waals surface area contributed by atoms with Gasteiger partial charge in [0.2, 0.25) is 0 Å². The van der Waals surface area contributed by atoms with Gasteiger partial charge >= 0.3 is 0 Å². The average molecular weight is 182 g/mol. The van der Waals surface area contributed by atoms with Gasteiger partial charge < -0.3 is 15.3 Å². The Balaban J connectivity index is 3.26. The van der Waals surface area contributed by atoms with Crippen LogP contribution >= 0.6 is 0 Å². The predicted molar refractivity (Wildman–Crippen MR) is 49.4 cm³/mol. The zero-order valence-corrected chi connectivity index (χ0v) is 7.73. The smallest absolute Gasteiger partial charge is 0.178 e. The molecule has 1 rings (SSSR count). The highest BCUT2D eigenvalue weighted by atomic mass is 16.5. The summed E-state index contributed by atoms with van der Waals surface area (Å²) in [6, 6.07) is 4.73. The molecule has 0 aliphatic rings. The first-order valence-corrected chi connectivity index (χ1v) is 4.22. The van der Waals surface area contributed by atoms with Crippen molar-refractivity contribution in [3.8, 4) is 5.75 Å². The van der Waals surface area contributed by atoms with Crippen LogP contribution in [0.1, 0.15) is 37.2 Å². The lowest BCUT2D eigenvalue weighted by Gasteiger charge is -2.15. The molecule has 0 fully saturated rings. The number of aliphatic hydroxyl groups excluding tert-OH is 1. The molecule has 0 saturated carbocycles. The number of aromatic hydroxyl groups is 1. The van der Waals surface area contributed by atoms with Gasteiger partial charge in [-0.15, -0.1) is 0 Å². The lowest BCUT2D eigenvalue weighted by molar-refractivity contribution is -0.0434. The van der Waals surface area contributed by atoms with Crippen molar-refractivity contribution in [3.63, 3.8) is 0 Å². The number of rotatable bonds is 2. The minimum absolute atomic E-state index is 0.0676. The van der Waals surface area contributed by atoms with Gasteiger partial charge in [0.1, 0.15) is 5.75 Å². The number of benzene rings is 1. The van der Waals surface area contributed by atoms with Gasteiger partial charge in [-0.2, -0.15) is 0 Å². The Morgan fingerprint density at radius 2 is 1.77 bits per heavy atom. The molecular formula is C10H14O3. The molecule has 3 heteroatoms. The van der Waals surface area contributed by atoms with E-state index in [1.165, 1.54) is 0 Å². The van der Waals surface area contributed by atoms with Crippen LogP contribution in [0.3, 0.4) is 0 Å². The molecule has 0 aliphatic heterocycles. The number of phenolic OH excluding ortho intramolecular Hbond substituents is 1. The lowest BCUT2D eigenvalue weighted by atomic mass is 9.96. The molecule has 0 aromatic heterocycles. The SMILES string of the molecule is CC(C)c1c(O)cccc1C(O)O. The second kappa shape index (κ2) is 3.77. The fourth-order valence-electron chi connectivity index (χ4n) is 1.42. The molecule has 0 spiro atoms. The van der Waals surface area contributed by atoms with E-state index in [0.29, 0.717) is 11.1 Å². The molecule has 0 radical (unpaired) electrons. The Morgan fingerprint density at radius 1 is 1.15 bits per heavy atom. The van der Waals surface area contributed by atoms with Crippen LogP contribution in [0.4, 0.5) is 0 Å². The predicted octanol–water partition coefficient (Wildman–Crippen LogP) is 1.50. The Kier molecular flexibility index (Phi) is 2.90. The molecule has 3 nitrogen and oxygen atoms in total. The summed E-state index contributed by atoms with van der Waals surface area (Å²) in [6.07, 6.45) is -1.52. The highest BCUT2D eigenvalue weighted by Crippen LogP contribution is 2.31. The molecule has 0 bridgehead atoms. The van der Waals surface area contributed by atoms with Gasteiger partial charge in [0.05, 0.1) is 0 Å². The summed E-state index contributed by atoms with van der Waals surface area (Å²) in [7, 11) is 0. The first kappa shape index (κ1) is 10.0. The summed E-state index contributed by atoms with van der Waals surface area (Å²) < 4.78 is 0. The summed E-state index contributed by atoms with van der Waals surface area (Å²) in [6.45, 7) is 3.78. The molecule has 0 atom stereocenters. The van der Waals surface area contributed by atoms with Crippen molar-refractivity contribution in [1.29, 1.82) is 0 Å². The molecule has 0 amide bonds. The van der Waals surface area contributed by atoms with Crippen molar-refractivity contribution in [2.24, 2.45) is 0 Å². The van der Waals surface area contributed by atoms with Crippen molar-refractivity contribution in [2.75, 3.05) is 0 Å². The largest absolute Gasteiger partial charge is 0.508 e. The normalized spacial score (nSPS) is 11.2. The van der Waals surface area contributed by atoms with Crippen LogP contribution in [-0.4, -0.2) is 15.3 Å². The first-order chi connectivity index (χ1) is 6.04. The lowest BCUT2D eigenvalue weighted by Crippen LogP contribution is -2.02. The van der Waals surface area contributed by atoms with Gasteiger partial charge in [-0.05, 0) is 12.0 Å². The number of hydrogen-bond donors (Lipinski definition) is 3. The van der Waals surface area contributed by atoms with Crippen molar-refractivity contribution in [3.05, 3.63) is 29.3 Å². The fraction of sp³-hybridized carbons (Fsp3) is 0.400. The van der Waals surface area contributed by atoms with E-state index in [1.807, 2.05) is 13.8 Å². The highest BCUT2D eigenvalue weighted by molar-refractivity contribution is 5.41. The van der Waals surface area contributed by atoms with Gasteiger partial charge in [0.25, 0.3) is 0 Å². The molecule has 72 valence electrons. The minimum Gasteiger partial charge on any atom is -0.508 e. The second-order valence-electron chi connectivity index (χ2n) is 3.31. The van der Waals surface area contributed by atoms with E-state index in [4.69, 9.17) is 10.2 Å². The zero-order chi connectivity index (χ0) is 10.0. The summed E-state index contributed by atoms with van der Waals surface area (Å²) >= 11 is 0. The third-order valence-electron chi connectivity index (χ3n) is 1.97. The van der Waals surface area contributed by atoms with Crippen molar-refractivity contribution in [1.82, 2.24) is 0 Å². The zero-order valence-electron chi connectivity index (χ0n) is 7.73. The first-order valence-electron chi connectivity index (χ1n) is 4.22. The topological polar surface area (TPSA) is 60.7 Å². The van der Waals surface area contributed by atoms with Crippen molar-refractivity contribution in [2.45, 2.75) is 26.1 Å². The third kappa shape index (κ3) is 1.99. The Labute approximate surface area is 77.3 Å². The Bertz CT molecular complexity index is 292. The van der Waals surface area contributed by atoms with E-state index in [1.54, 1.807) is 18.2 Å². The van der Waals surface area contributed by atoms with Crippen LogP contribution < -0.4 is 0 Å². The molecule has 13 heavy (non-hydrogen) atoms. The quantitative estimate of drug-likeness (QED) is 0.607. The van der Waals surface area contributed by atoms with Crippen LogP contribution in [-0.2, 0) is 0 Å². The third-order valence-corrected chi connectivity index (χ3v) is 1.97. The fourth-order valence-corrected chi connectivity index (χ4v) is 1.42. The molecule has 1 aromatic rings.